The predicted molar refractivity (Wildman–Crippen MR) is 80.9 cm³/mol. The van der Waals surface area contributed by atoms with E-state index in [9.17, 15) is 5.11 Å². The number of piperazine rings is 1. The van der Waals surface area contributed by atoms with Crippen LogP contribution in [0.25, 0.3) is 0 Å². The molecular weight excluding hydrogens is 270 g/mol. The molecule has 0 spiro atoms. The van der Waals surface area contributed by atoms with Crippen molar-refractivity contribution in [1.82, 2.24) is 9.80 Å². The summed E-state index contributed by atoms with van der Waals surface area (Å²) in [5.74, 6) is 0.127. The Morgan fingerprint density at radius 3 is 2.48 bits per heavy atom. The zero-order valence-corrected chi connectivity index (χ0v) is 12.4. The van der Waals surface area contributed by atoms with Crippen LogP contribution in [0, 0.1) is 0 Å². The lowest BCUT2D eigenvalue weighted by Crippen LogP contribution is -2.46. The van der Waals surface area contributed by atoms with E-state index < -0.39 is 0 Å². The molecule has 0 amide bonds. The number of aliphatic hydroxyl groups is 1. The Morgan fingerprint density at radius 1 is 1.19 bits per heavy atom. The summed E-state index contributed by atoms with van der Waals surface area (Å²) < 4.78 is 0. The van der Waals surface area contributed by atoms with Crippen molar-refractivity contribution in [2.45, 2.75) is 13.5 Å². The Hall–Kier alpha value is -1.63. The number of rotatable bonds is 5. The van der Waals surface area contributed by atoms with E-state index in [0.717, 1.165) is 44.8 Å². The summed E-state index contributed by atoms with van der Waals surface area (Å²) in [6.45, 7) is 7.26. The molecule has 116 valence electrons. The monoisotopic (exact) mass is 293 g/mol. The number of phenolic OH excluding ortho intramolecular Hbond substituents is 1. The lowest BCUT2D eigenvalue weighted by molar-refractivity contribution is 0.108. The average molecular weight is 293 g/mol. The number of hydrogen-bond acceptors (Lipinski definition) is 6. The molecule has 0 aliphatic carbocycles. The number of aromatic hydroxyl groups is 1. The number of hydrogen-bond donors (Lipinski definition) is 3. The summed E-state index contributed by atoms with van der Waals surface area (Å²) >= 11 is 0. The molecule has 6 heteroatoms. The molecular formula is C15H23N3O3. The van der Waals surface area contributed by atoms with Crippen LogP contribution in [0.15, 0.2) is 23.4 Å². The molecule has 21 heavy (non-hydrogen) atoms. The van der Waals surface area contributed by atoms with E-state index in [4.69, 9.17) is 10.3 Å². The fourth-order valence-electron chi connectivity index (χ4n) is 2.60. The Morgan fingerprint density at radius 2 is 1.86 bits per heavy atom. The SMILES string of the molecule is C/C(=N\O)c1cc(CN2CCN(CCO)CC2)ccc1O. The van der Waals surface area contributed by atoms with Gasteiger partial charge in [-0.2, -0.15) is 0 Å². The molecule has 1 aromatic carbocycles. The van der Waals surface area contributed by atoms with Gasteiger partial charge in [0.05, 0.1) is 12.3 Å². The van der Waals surface area contributed by atoms with Gasteiger partial charge in [-0.1, -0.05) is 11.2 Å². The summed E-state index contributed by atoms with van der Waals surface area (Å²) in [4.78, 5) is 4.59. The second-order valence-electron chi connectivity index (χ2n) is 5.38. The van der Waals surface area contributed by atoms with Crippen molar-refractivity contribution in [3.8, 4) is 5.75 Å². The molecule has 1 heterocycles. The summed E-state index contributed by atoms with van der Waals surface area (Å²) in [7, 11) is 0. The molecule has 1 fully saturated rings. The number of nitrogens with zero attached hydrogens (tertiary/aromatic N) is 3. The van der Waals surface area contributed by atoms with E-state index in [1.165, 1.54) is 0 Å². The van der Waals surface area contributed by atoms with Gasteiger partial charge in [-0.3, -0.25) is 9.80 Å². The molecule has 1 saturated heterocycles. The summed E-state index contributed by atoms with van der Waals surface area (Å²) in [5, 5.41) is 30.7. The minimum absolute atomic E-state index is 0.127. The second kappa shape index (κ2) is 7.40. The fraction of sp³-hybridized carbons (Fsp3) is 0.533. The van der Waals surface area contributed by atoms with Crippen molar-refractivity contribution in [3.05, 3.63) is 29.3 Å². The minimum Gasteiger partial charge on any atom is -0.507 e. The largest absolute Gasteiger partial charge is 0.507 e. The first kappa shape index (κ1) is 15.8. The molecule has 0 unspecified atom stereocenters. The van der Waals surface area contributed by atoms with Crippen LogP contribution in [-0.4, -0.2) is 70.3 Å². The maximum absolute atomic E-state index is 9.80. The van der Waals surface area contributed by atoms with Crippen LogP contribution in [0.4, 0.5) is 0 Å². The molecule has 3 N–H and O–H groups in total. The van der Waals surface area contributed by atoms with Gasteiger partial charge in [-0.25, -0.2) is 0 Å². The van der Waals surface area contributed by atoms with Crippen LogP contribution in [0.2, 0.25) is 0 Å². The van der Waals surface area contributed by atoms with Crippen molar-refractivity contribution in [2.75, 3.05) is 39.3 Å². The van der Waals surface area contributed by atoms with Crippen LogP contribution in [0.5, 0.6) is 5.75 Å². The highest BCUT2D eigenvalue weighted by molar-refractivity contribution is 6.00. The average Bonchev–Trinajstić information content (AvgIpc) is 2.50. The Labute approximate surface area is 124 Å². The summed E-state index contributed by atoms with van der Waals surface area (Å²) in [6.07, 6.45) is 0. The third-order valence-electron chi connectivity index (χ3n) is 3.89. The zero-order valence-electron chi connectivity index (χ0n) is 12.4. The topological polar surface area (TPSA) is 79.5 Å². The maximum atomic E-state index is 9.80. The normalized spacial score (nSPS) is 18.1. The third kappa shape index (κ3) is 4.17. The lowest BCUT2D eigenvalue weighted by Gasteiger charge is -2.34. The first-order chi connectivity index (χ1) is 10.1. The van der Waals surface area contributed by atoms with Crippen LogP contribution in [0.3, 0.4) is 0 Å². The first-order valence-corrected chi connectivity index (χ1v) is 7.20. The molecule has 0 saturated carbocycles. The van der Waals surface area contributed by atoms with E-state index in [1.54, 1.807) is 13.0 Å². The van der Waals surface area contributed by atoms with Crippen molar-refractivity contribution < 1.29 is 15.4 Å². The number of oxime groups is 1. The number of phenols is 1. The highest BCUT2D eigenvalue weighted by atomic mass is 16.4. The van der Waals surface area contributed by atoms with Crippen LogP contribution < -0.4 is 0 Å². The van der Waals surface area contributed by atoms with E-state index >= 15 is 0 Å². The van der Waals surface area contributed by atoms with E-state index in [1.807, 2.05) is 12.1 Å². The molecule has 1 aliphatic rings. The second-order valence-corrected chi connectivity index (χ2v) is 5.38. The van der Waals surface area contributed by atoms with Crippen molar-refractivity contribution in [3.63, 3.8) is 0 Å². The number of β-amino-alcohol motifs (C(OH)–C–C–N with tert-alkyl or cyclic N) is 1. The van der Waals surface area contributed by atoms with Gasteiger partial charge < -0.3 is 15.4 Å². The quantitative estimate of drug-likeness (QED) is 0.423. The molecule has 0 aromatic heterocycles. The molecule has 6 nitrogen and oxygen atoms in total. The van der Waals surface area contributed by atoms with Gasteiger partial charge in [0, 0.05) is 44.8 Å². The van der Waals surface area contributed by atoms with Gasteiger partial charge in [-0.05, 0) is 24.6 Å². The van der Waals surface area contributed by atoms with E-state index in [-0.39, 0.29) is 12.4 Å². The zero-order chi connectivity index (χ0) is 15.2. The maximum Gasteiger partial charge on any atom is 0.124 e. The smallest absolute Gasteiger partial charge is 0.124 e. The van der Waals surface area contributed by atoms with Crippen molar-refractivity contribution in [1.29, 1.82) is 0 Å². The highest BCUT2D eigenvalue weighted by Crippen LogP contribution is 2.20. The molecule has 1 aromatic rings. The van der Waals surface area contributed by atoms with Crippen LogP contribution in [-0.2, 0) is 6.54 Å². The van der Waals surface area contributed by atoms with Gasteiger partial charge in [0.25, 0.3) is 0 Å². The van der Waals surface area contributed by atoms with Gasteiger partial charge in [0.15, 0.2) is 0 Å². The molecule has 2 rings (SSSR count). The Kier molecular flexibility index (Phi) is 5.55. The summed E-state index contributed by atoms with van der Waals surface area (Å²) in [6, 6.07) is 5.40. The first-order valence-electron chi connectivity index (χ1n) is 7.20. The Balaban J connectivity index is 1.98. The minimum atomic E-state index is 0.127. The molecule has 0 radical (unpaired) electrons. The molecule has 1 aliphatic heterocycles. The van der Waals surface area contributed by atoms with Gasteiger partial charge in [-0.15, -0.1) is 0 Å². The van der Waals surface area contributed by atoms with Gasteiger partial charge >= 0.3 is 0 Å². The Bertz CT molecular complexity index is 497. The predicted octanol–water partition coefficient (Wildman–Crippen LogP) is 0.700. The number of benzene rings is 1. The van der Waals surface area contributed by atoms with Crippen molar-refractivity contribution in [2.24, 2.45) is 5.16 Å². The lowest BCUT2D eigenvalue weighted by atomic mass is 10.1. The third-order valence-corrected chi connectivity index (χ3v) is 3.89. The van der Waals surface area contributed by atoms with Crippen molar-refractivity contribution >= 4 is 5.71 Å². The molecule has 0 bridgehead atoms. The molecule has 0 atom stereocenters. The summed E-state index contributed by atoms with van der Waals surface area (Å²) in [5.41, 5.74) is 2.05. The number of aliphatic hydroxyl groups excluding tert-OH is 1. The van der Waals surface area contributed by atoms with Gasteiger partial charge in [0.2, 0.25) is 0 Å². The van der Waals surface area contributed by atoms with Crippen LogP contribution >= 0.6 is 0 Å². The highest BCUT2D eigenvalue weighted by Gasteiger charge is 2.17. The fourth-order valence-corrected chi connectivity index (χ4v) is 2.60. The van der Waals surface area contributed by atoms with E-state index in [0.29, 0.717) is 11.3 Å². The van der Waals surface area contributed by atoms with Gasteiger partial charge in [0.1, 0.15) is 5.75 Å². The standard InChI is InChI=1S/C15H23N3O3/c1-12(16-21)14-10-13(2-3-15(14)20)11-18-6-4-17(5-7-18)8-9-19/h2-3,10,19-21H,4-9,11H2,1H3/b16-12+. The van der Waals surface area contributed by atoms with Crippen LogP contribution in [0.1, 0.15) is 18.1 Å². The van der Waals surface area contributed by atoms with E-state index in [2.05, 4.69) is 15.0 Å².